The standard InChI is InChI=1S/C19H18BrClN4O3/c20-25-18(27)10-16(23-12-13-2-1-8-22-11-13)19(24-25)28-9-7-17(26)14-3-5-15(21)6-4-14/h1-6,8,10-11,17,23,26H,7,9,12H2. The second kappa shape index (κ2) is 9.68. The van der Waals surface area contributed by atoms with Crippen molar-refractivity contribution in [3.8, 4) is 5.88 Å². The summed E-state index contributed by atoms with van der Waals surface area (Å²) in [6.07, 6.45) is 3.08. The van der Waals surface area contributed by atoms with Gasteiger partial charge in [0.15, 0.2) is 0 Å². The van der Waals surface area contributed by atoms with E-state index in [9.17, 15) is 9.90 Å². The van der Waals surface area contributed by atoms with Gasteiger partial charge in [-0.3, -0.25) is 9.78 Å². The van der Waals surface area contributed by atoms with Gasteiger partial charge in [0.05, 0.1) is 28.9 Å². The van der Waals surface area contributed by atoms with Gasteiger partial charge in [-0.05, 0) is 29.3 Å². The van der Waals surface area contributed by atoms with Crippen LogP contribution in [-0.2, 0) is 6.54 Å². The van der Waals surface area contributed by atoms with Crippen molar-refractivity contribution in [2.24, 2.45) is 0 Å². The molecule has 9 heteroatoms. The first-order chi connectivity index (χ1) is 13.5. The highest BCUT2D eigenvalue weighted by Crippen LogP contribution is 2.23. The Balaban J connectivity index is 1.64. The predicted octanol–water partition coefficient (Wildman–Crippen LogP) is 3.56. The maximum absolute atomic E-state index is 11.9. The van der Waals surface area contributed by atoms with E-state index >= 15 is 0 Å². The Morgan fingerprint density at radius 1 is 1.29 bits per heavy atom. The molecule has 2 aromatic heterocycles. The number of aliphatic hydroxyl groups excluding tert-OH is 1. The predicted molar refractivity (Wildman–Crippen MR) is 111 cm³/mol. The number of aliphatic hydroxyl groups is 1. The minimum Gasteiger partial charge on any atom is -0.475 e. The van der Waals surface area contributed by atoms with Gasteiger partial charge < -0.3 is 15.2 Å². The Bertz CT molecular complexity index is 967. The maximum atomic E-state index is 11.9. The van der Waals surface area contributed by atoms with Crippen molar-refractivity contribution in [3.63, 3.8) is 0 Å². The van der Waals surface area contributed by atoms with E-state index in [2.05, 4.69) is 31.5 Å². The topological polar surface area (TPSA) is 89.3 Å². The fourth-order valence-corrected chi connectivity index (χ4v) is 2.85. The van der Waals surface area contributed by atoms with Crippen molar-refractivity contribution in [2.75, 3.05) is 11.9 Å². The summed E-state index contributed by atoms with van der Waals surface area (Å²) in [7, 11) is 0. The Morgan fingerprint density at radius 3 is 2.79 bits per heavy atom. The SMILES string of the molecule is O=c1cc(NCc2cccnc2)c(OCCC(O)c2ccc(Cl)cc2)nn1Br. The molecule has 0 fully saturated rings. The van der Waals surface area contributed by atoms with Gasteiger partial charge in [-0.25, -0.2) is 0 Å². The van der Waals surface area contributed by atoms with E-state index in [1.54, 1.807) is 36.7 Å². The highest BCUT2D eigenvalue weighted by atomic mass is 79.9. The Kier molecular flexibility index (Phi) is 7.02. The zero-order valence-electron chi connectivity index (χ0n) is 14.8. The van der Waals surface area contributed by atoms with Gasteiger partial charge in [0.2, 0.25) is 0 Å². The molecule has 0 bridgehead atoms. The molecule has 0 spiro atoms. The molecule has 1 aromatic carbocycles. The third-order valence-corrected chi connectivity index (χ3v) is 4.71. The van der Waals surface area contributed by atoms with E-state index in [0.717, 1.165) is 14.8 Å². The number of hydrogen-bond donors (Lipinski definition) is 2. The third kappa shape index (κ3) is 5.54. The highest BCUT2D eigenvalue weighted by Gasteiger charge is 2.12. The number of hydrogen-bond acceptors (Lipinski definition) is 6. The summed E-state index contributed by atoms with van der Waals surface area (Å²) in [5, 5.41) is 18.1. The first-order valence-corrected chi connectivity index (χ1v) is 9.61. The van der Waals surface area contributed by atoms with Crippen molar-refractivity contribution >= 4 is 33.4 Å². The summed E-state index contributed by atoms with van der Waals surface area (Å²) in [5.41, 5.74) is 1.84. The quantitative estimate of drug-likeness (QED) is 0.529. The zero-order valence-corrected chi connectivity index (χ0v) is 17.1. The number of ether oxygens (including phenoxy) is 1. The molecule has 0 saturated heterocycles. The van der Waals surface area contributed by atoms with E-state index in [4.69, 9.17) is 16.3 Å². The van der Waals surface area contributed by atoms with Crippen LogP contribution >= 0.6 is 27.7 Å². The van der Waals surface area contributed by atoms with E-state index in [-0.39, 0.29) is 18.0 Å². The van der Waals surface area contributed by atoms with Gasteiger partial charge in [0.25, 0.3) is 11.4 Å². The molecule has 0 radical (unpaired) electrons. The number of halogens is 2. The molecule has 3 rings (SSSR count). The van der Waals surface area contributed by atoms with Crippen LogP contribution in [0.2, 0.25) is 5.02 Å². The molecule has 0 aliphatic carbocycles. The van der Waals surface area contributed by atoms with Crippen molar-refractivity contribution in [1.82, 2.24) is 13.8 Å². The van der Waals surface area contributed by atoms with Gasteiger partial charge in [0.1, 0.15) is 5.69 Å². The van der Waals surface area contributed by atoms with Gasteiger partial charge >= 0.3 is 0 Å². The van der Waals surface area contributed by atoms with Crippen LogP contribution in [0.4, 0.5) is 5.69 Å². The van der Waals surface area contributed by atoms with Crippen LogP contribution in [0.1, 0.15) is 23.7 Å². The second-order valence-corrected chi connectivity index (χ2v) is 7.09. The molecule has 0 aliphatic heterocycles. The summed E-state index contributed by atoms with van der Waals surface area (Å²) in [4.78, 5) is 16.0. The molecule has 0 aliphatic rings. The number of benzene rings is 1. The Labute approximate surface area is 175 Å². The van der Waals surface area contributed by atoms with Crippen LogP contribution in [0.3, 0.4) is 0 Å². The fourth-order valence-electron chi connectivity index (χ4n) is 2.47. The van der Waals surface area contributed by atoms with E-state index in [0.29, 0.717) is 23.7 Å². The van der Waals surface area contributed by atoms with Crippen molar-refractivity contribution in [3.05, 3.63) is 81.4 Å². The lowest BCUT2D eigenvalue weighted by Crippen LogP contribution is -2.18. The fraction of sp³-hybridized carbons (Fsp3) is 0.211. The number of aromatic nitrogens is 3. The number of anilines is 1. The molecule has 7 nitrogen and oxygen atoms in total. The molecule has 0 saturated carbocycles. The number of nitrogens with one attached hydrogen (secondary N) is 1. The molecule has 1 atom stereocenters. The van der Waals surface area contributed by atoms with Gasteiger partial charge in [-0.2, -0.15) is 3.71 Å². The molecule has 1 unspecified atom stereocenters. The van der Waals surface area contributed by atoms with E-state index in [1.165, 1.54) is 6.07 Å². The van der Waals surface area contributed by atoms with E-state index in [1.807, 2.05) is 12.1 Å². The largest absolute Gasteiger partial charge is 0.475 e. The Hall–Kier alpha value is -2.42. The lowest BCUT2D eigenvalue weighted by atomic mass is 10.1. The molecule has 2 heterocycles. The van der Waals surface area contributed by atoms with Crippen LogP contribution in [0.25, 0.3) is 0 Å². The van der Waals surface area contributed by atoms with E-state index < -0.39 is 6.10 Å². The van der Waals surface area contributed by atoms with Gasteiger partial charge in [0, 0.05) is 36.4 Å². The Morgan fingerprint density at radius 2 is 2.07 bits per heavy atom. The van der Waals surface area contributed by atoms with Crippen LogP contribution in [0.5, 0.6) is 5.88 Å². The monoisotopic (exact) mass is 464 g/mol. The first-order valence-electron chi connectivity index (χ1n) is 8.52. The first kappa shape index (κ1) is 20.3. The van der Waals surface area contributed by atoms with Crippen molar-refractivity contribution in [1.29, 1.82) is 0 Å². The summed E-state index contributed by atoms with van der Waals surface area (Å²) in [6.45, 7) is 0.675. The lowest BCUT2D eigenvalue weighted by molar-refractivity contribution is 0.139. The minimum absolute atomic E-state index is 0.212. The van der Waals surface area contributed by atoms with Crippen LogP contribution in [0, 0.1) is 0 Å². The molecule has 2 N–H and O–H groups in total. The number of rotatable bonds is 8. The molecule has 0 amide bonds. The molecule has 3 aromatic rings. The average molecular weight is 466 g/mol. The van der Waals surface area contributed by atoms with Crippen LogP contribution in [-0.4, -0.2) is 25.5 Å². The number of pyridine rings is 1. The normalized spacial score (nSPS) is 11.8. The second-order valence-electron chi connectivity index (χ2n) is 5.98. The third-order valence-electron chi connectivity index (χ3n) is 3.95. The summed E-state index contributed by atoms with van der Waals surface area (Å²) >= 11 is 8.92. The van der Waals surface area contributed by atoms with Gasteiger partial charge in [-0.15, -0.1) is 5.10 Å². The van der Waals surface area contributed by atoms with Crippen molar-refractivity contribution in [2.45, 2.75) is 19.1 Å². The maximum Gasteiger partial charge on any atom is 0.279 e. The van der Waals surface area contributed by atoms with Gasteiger partial charge in [-0.1, -0.05) is 29.8 Å². The van der Waals surface area contributed by atoms with Crippen molar-refractivity contribution < 1.29 is 9.84 Å². The van der Waals surface area contributed by atoms with Crippen LogP contribution < -0.4 is 15.6 Å². The summed E-state index contributed by atoms with van der Waals surface area (Å²) < 4.78 is 6.73. The smallest absolute Gasteiger partial charge is 0.279 e. The summed E-state index contributed by atoms with van der Waals surface area (Å²) in [5.74, 6) is 0.253. The number of nitrogens with zero attached hydrogens (tertiary/aromatic N) is 3. The average Bonchev–Trinajstić information content (AvgIpc) is 2.70. The van der Waals surface area contributed by atoms with Crippen LogP contribution in [0.15, 0.2) is 59.7 Å². The zero-order chi connectivity index (χ0) is 19.9. The molecular formula is C19H18BrClN4O3. The molecule has 28 heavy (non-hydrogen) atoms. The lowest BCUT2D eigenvalue weighted by Gasteiger charge is -2.14. The summed E-state index contributed by atoms with van der Waals surface area (Å²) in [6, 6.07) is 12.1. The highest BCUT2D eigenvalue weighted by molar-refractivity contribution is 9.08. The minimum atomic E-state index is -0.695. The molecule has 146 valence electrons. The molecular weight excluding hydrogens is 448 g/mol.